The first-order valence-corrected chi connectivity index (χ1v) is 15.9. The average molecular weight is 634 g/mol. The van der Waals surface area contributed by atoms with Gasteiger partial charge in [0.05, 0.1) is 19.3 Å². The number of methoxy groups -OCH3 is 1. The highest BCUT2D eigenvalue weighted by molar-refractivity contribution is 9.10. The molecule has 0 aromatic carbocycles. The van der Waals surface area contributed by atoms with Crippen molar-refractivity contribution in [1.29, 1.82) is 0 Å². The Morgan fingerprint density at radius 3 is 2.39 bits per heavy atom. The highest BCUT2D eigenvalue weighted by Crippen LogP contribution is 2.38. The van der Waals surface area contributed by atoms with Crippen LogP contribution in [0.15, 0.2) is 33.4 Å². The number of piperidine rings is 2. The van der Waals surface area contributed by atoms with Crippen LogP contribution in [0, 0.1) is 11.8 Å². The van der Waals surface area contributed by atoms with Crippen molar-refractivity contribution in [2.75, 3.05) is 38.2 Å². The molecule has 1 aliphatic carbocycles. The minimum absolute atomic E-state index is 0.0732. The van der Waals surface area contributed by atoms with Crippen LogP contribution in [0.1, 0.15) is 77.9 Å². The Kier molecular flexibility index (Phi) is 9.60. The molecule has 0 spiro atoms. The van der Waals surface area contributed by atoms with E-state index in [0.717, 1.165) is 75.0 Å². The molecule has 2 aliphatic heterocycles. The van der Waals surface area contributed by atoms with E-state index in [1.165, 1.54) is 7.11 Å². The lowest BCUT2D eigenvalue weighted by atomic mass is 9.78. The molecule has 41 heavy (non-hydrogen) atoms. The second kappa shape index (κ2) is 13.0. The van der Waals surface area contributed by atoms with Gasteiger partial charge in [0.15, 0.2) is 11.6 Å². The fourth-order valence-corrected chi connectivity index (χ4v) is 6.99. The zero-order valence-corrected chi connectivity index (χ0v) is 26.6. The maximum Gasteiger partial charge on any atom is 0.316 e. The van der Waals surface area contributed by atoms with Crippen LogP contribution in [0.25, 0.3) is 0 Å². The summed E-state index contributed by atoms with van der Waals surface area (Å²) < 4.78 is 24.0. The van der Waals surface area contributed by atoms with E-state index < -0.39 is 5.92 Å². The van der Waals surface area contributed by atoms with Gasteiger partial charge in [0, 0.05) is 67.4 Å². The van der Waals surface area contributed by atoms with Crippen molar-refractivity contribution in [2.24, 2.45) is 11.8 Å². The molecule has 10 heteroatoms. The molecule has 0 radical (unpaired) electrons. The van der Waals surface area contributed by atoms with Crippen LogP contribution < -0.4 is 9.64 Å². The fraction of sp³-hybridized carbons (Fsp3) is 0.710. The van der Waals surface area contributed by atoms with Gasteiger partial charge in [-0.2, -0.15) is 0 Å². The number of rotatable bonds is 10. The van der Waals surface area contributed by atoms with Crippen LogP contribution in [0.2, 0.25) is 0 Å². The maximum atomic E-state index is 12.3. The minimum Gasteiger partial charge on any atom is -0.474 e. The van der Waals surface area contributed by atoms with E-state index in [0.29, 0.717) is 29.8 Å². The molecule has 3 fully saturated rings. The largest absolute Gasteiger partial charge is 0.474 e. The first-order valence-electron chi connectivity index (χ1n) is 15.1. The molecule has 0 bridgehead atoms. The van der Waals surface area contributed by atoms with Gasteiger partial charge in [-0.1, -0.05) is 34.9 Å². The number of aromatic nitrogens is 2. The molecule has 3 aliphatic rings. The summed E-state index contributed by atoms with van der Waals surface area (Å²) >= 11 is 3.47. The van der Waals surface area contributed by atoms with Crippen LogP contribution in [0.3, 0.4) is 0 Å². The van der Waals surface area contributed by atoms with Gasteiger partial charge in [-0.25, -0.2) is 4.98 Å². The summed E-state index contributed by atoms with van der Waals surface area (Å²) in [6.45, 7) is 12.8. The van der Waals surface area contributed by atoms with Crippen molar-refractivity contribution in [3.05, 3.63) is 34.6 Å². The third-order valence-corrected chi connectivity index (χ3v) is 9.93. The van der Waals surface area contributed by atoms with Crippen molar-refractivity contribution < 1.29 is 23.5 Å². The monoisotopic (exact) mass is 632 g/mol. The molecule has 9 nitrogen and oxygen atoms in total. The van der Waals surface area contributed by atoms with Gasteiger partial charge >= 0.3 is 5.97 Å². The van der Waals surface area contributed by atoms with Crippen LogP contribution >= 0.6 is 15.9 Å². The highest BCUT2D eigenvalue weighted by atomic mass is 79.9. The van der Waals surface area contributed by atoms with Crippen molar-refractivity contribution in [1.82, 2.24) is 15.0 Å². The van der Waals surface area contributed by atoms with Gasteiger partial charge < -0.3 is 23.6 Å². The molecule has 2 aromatic heterocycles. The third-order valence-electron chi connectivity index (χ3n) is 9.44. The first-order chi connectivity index (χ1) is 19.6. The van der Waals surface area contributed by atoms with Crippen LogP contribution in [-0.4, -0.2) is 78.1 Å². The zero-order valence-electron chi connectivity index (χ0n) is 25.1. The van der Waals surface area contributed by atoms with Gasteiger partial charge in [-0.15, -0.1) is 0 Å². The number of likely N-dealkylation sites (tertiary alicyclic amines) is 1. The summed E-state index contributed by atoms with van der Waals surface area (Å²) in [7, 11) is 1.42. The van der Waals surface area contributed by atoms with Crippen molar-refractivity contribution >= 4 is 27.7 Å². The van der Waals surface area contributed by atoms with Crippen molar-refractivity contribution in [2.45, 2.75) is 96.0 Å². The van der Waals surface area contributed by atoms with Gasteiger partial charge in [0.1, 0.15) is 12.0 Å². The summed E-state index contributed by atoms with van der Waals surface area (Å²) in [6.07, 6.45) is 8.82. The lowest BCUT2D eigenvalue weighted by Crippen LogP contribution is -2.56. The van der Waals surface area contributed by atoms with Gasteiger partial charge in [-0.3, -0.25) is 9.69 Å². The molecule has 0 N–H and O–H groups in total. The summed E-state index contributed by atoms with van der Waals surface area (Å²) in [6, 6.07) is 5.74. The predicted octanol–water partition coefficient (Wildman–Crippen LogP) is 5.83. The molecular formula is C31H45BrN4O5. The minimum atomic E-state index is -0.432. The number of halogens is 1. The number of carbonyl (C=O) groups excluding carboxylic acids is 1. The zero-order chi connectivity index (χ0) is 29.1. The number of hydrogen-bond donors (Lipinski definition) is 0. The Morgan fingerprint density at radius 1 is 1.05 bits per heavy atom. The second-order valence-corrected chi connectivity index (χ2v) is 13.6. The highest BCUT2D eigenvalue weighted by Gasteiger charge is 2.41. The number of nitrogens with zero attached hydrogens (tertiary/aromatic N) is 4. The molecule has 226 valence electrons. The van der Waals surface area contributed by atoms with E-state index >= 15 is 0 Å². The van der Waals surface area contributed by atoms with E-state index in [2.05, 4.69) is 49.7 Å². The fourth-order valence-electron chi connectivity index (χ4n) is 6.68. The Balaban J connectivity index is 1.05. The Labute approximate surface area is 252 Å². The van der Waals surface area contributed by atoms with E-state index in [-0.39, 0.29) is 23.5 Å². The lowest BCUT2D eigenvalue weighted by Gasteiger charge is -2.50. The molecule has 5 rings (SSSR count). The van der Waals surface area contributed by atoms with Gasteiger partial charge in [0.25, 0.3) is 0 Å². The number of anilines is 1. The molecule has 0 amide bonds. The molecular weight excluding hydrogens is 588 g/mol. The van der Waals surface area contributed by atoms with Gasteiger partial charge in [-0.05, 0) is 57.4 Å². The van der Waals surface area contributed by atoms with E-state index in [4.69, 9.17) is 18.7 Å². The number of carbonyl (C=O) groups is 1. The third kappa shape index (κ3) is 7.08. The van der Waals surface area contributed by atoms with Crippen molar-refractivity contribution in [3.63, 3.8) is 0 Å². The number of ether oxygens (including phenoxy) is 3. The van der Waals surface area contributed by atoms with E-state index in [9.17, 15) is 4.79 Å². The van der Waals surface area contributed by atoms with E-state index in [1.54, 1.807) is 6.20 Å². The Hall–Kier alpha value is -2.17. The maximum absolute atomic E-state index is 12.3. The molecule has 2 aromatic rings. The SMILES string of the molecule is COC(=O)C(c1cc(N2CCC(C(C)(C)N3CCC(OC4CC(Oc5cc(Br)ccn5)C4)CC3)CC2)no1)C(C)C. The molecule has 2 saturated heterocycles. The van der Waals surface area contributed by atoms with Crippen molar-refractivity contribution in [3.8, 4) is 5.88 Å². The molecule has 1 saturated carbocycles. The standard InChI is InChI=1S/C31H45BrN4O5/c1-20(2)29(30(37)38-5)26-19-27(34-41-26)35-12-7-21(8-13-35)31(3,4)36-14-9-23(10-15-36)39-24-17-25(18-24)40-28-16-22(32)6-11-33-28/h6,11,16,19-21,23-25,29H,7-10,12-15,17-18H2,1-5H3. The lowest BCUT2D eigenvalue weighted by molar-refractivity contribution is -0.144. The average Bonchev–Trinajstić information content (AvgIpc) is 3.41. The molecule has 1 unspecified atom stereocenters. The summed E-state index contributed by atoms with van der Waals surface area (Å²) in [4.78, 5) is 21.5. The van der Waals surface area contributed by atoms with Crippen LogP contribution in [-0.2, 0) is 14.3 Å². The van der Waals surface area contributed by atoms with E-state index in [1.807, 2.05) is 32.0 Å². The van der Waals surface area contributed by atoms with Crippen LogP contribution in [0.5, 0.6) is 5.88 Å². The van der Waals surface area contributed by atoms with Crippen LogP contribution in [0.4, 0.5) is 5.82 Å². The Morgan fingerprint density at radius 2 is 1.76 bits per heavy atom. The molecule has 4 heterocycles. The summed E-state index contributed by atoms with van der Waals surface area (Å²) in [5.41, 5.74) is 0.131. The summed E-state index contributed by atoms with van der Waals surface area (Å²) in [5.74, 6) is 2.05. The number of pyridine rings is 1. The van der Waals surface area contributed by atoms with Gasteiger partial charge in [0.2, 0.25) is 5.88 Å². The normalized spacial score (nSPS) is 23.8. The summed E-state index contributed by atoms with van der Waals surface area (Å²) in [5, 5.41) is 4.32. The Bertz CT molecular complexity index is 1150. The topological polar surface area (TPSA) is 90.2 Å². The predicted molar refractivity (Wildman–Crippen MR) is 160 cm³/mol. The molecule has 1 atom stereocenters. The quantitative estimate of drug-likeness (QED) is 0.300. The second-order valence-electron chi connectivity index (χ2n) is 12.7. The smallest absolute Gasteiger partial charge is 0.316 e. The number of esters is 1. The number of hydrogen-bond acceptors (Lipinski definition) is 9. The first kappa shape index (κ1) is 30.3.